The van der Waals surface area contributed by atoms with Crippen molar-refractivity contribution >= 4 is 63.1 Å². The van der Waals surface area contributed by atoms with Crippen LogP contribution in [0.3, 0.4) is 0 Å². The molecule has 1 saturated heterocycles. The summed E-state index contributed by atoms with van der Waals surface area (Å²) in [6.45, 7) is 5.24. The Morgan fingerprint density at radius 1 is 1.37 bits per heavy atom. The van der Waals surface area contributed by atoms with Crippen LogP contribution in [0.2, 0.25) is 0 Å². The monoisotopic (exact) mass is 600 g/mol. The molecule has 15 nitrogen and oxygen atoms in total. The number of hydrogen-bond donors (Lipinski definition) is 3. The molecule has 0 aliphatic carbocycles. The summed E-state index contributed by atoms with van der Waals surface area (Å²) in [4.78, 5) is 53.4. The van der Waals surface area contributed by atoms with Gasteiger partial charge in [-0.25, -0.2) is 4.57 Å². The first-order valence-corrected chi connectivity index (χ1v) is 14.6. The van der Waals surface area contributed by atoms with Crippen LogP contribution in [0.15, 0.2) is 34.8 Å². The molecule has 3 aromatic rings. The Balaban J connectivity index is 1.38. The van der Waals surface area contributed by atoms with Gasteiger partial charge in [-0.15, -0.1) is 11.8 Å². The normalized spacial score (nSPS) is 18.9. The summed E-state index contributed by atoms with van der Waals surface area (Å²) < 4.78 is 7.92. The topological polar surface area (TPSA) is 211 Å². The van der Waals surface area contributed by atoms with Gasteiger partial charge in [-0.2, -0.15) is 9.36 Å². The number of thioether (sulfide) groups is 1. The number of carboxylic acids is 1. The molecule has 2 aliphatic rings. The molecule has 5 rings (SSSR count). The van der Waals surface area contributed by atoms with Gasteiger partial charge in [-0.3, -0.25) is 14.5 Å². The minimum atomic E-state index is -1.47. The Morgan fingerprint density at radius 3 is 2.85 bits per heavy atom. The second-order valence-corrected chi connectivity index (χ2v) is 11.1. The lowest BCUT2D eigenvalue weighted by atomic mass is 10.0. The molecule has 0 spiro atoms. The fourth-order valence-corrected chi connectivity index (χ4v) is 6.53. The van der Waals surface area contributed by atoms with E-state index >= 15 is 0 Å². The molecule has 5 heterocycles. The number of imidazole rings is 1. The van der Waals surface area contributed by atoms with Gasteiger partial charge in [-0.1, -0.05) is 5.16 Å². The second kappa shape index (κ2) is 11.8. The van der Waals surface area contributed by atoms with Gasteiger partial charge in [-0.05, 0) is 37.0 Å². The first-order chi connectivity index (χ1) is 19.7. The number of carbonyl (C=O) groups excluding carboxylic acids is 3. The van der Waals surface area contributed by atoms with E-state index in [2.05, 4.69) is 24.4 Å². The summed E-state index contributed by atoms with van der Waals surface area (Å²) in [6.07, 6.45) is 2.61. The Kier molecular flexibility index (Phi) is 8.18. The molecule has 2 unspecified atom stereocenters. The highest BCUT2D eigenvalue weighted by molar-refractivity contribution is 8.00. The first kappa shape index (κ1) is 28.4. The lowest BCUT2D eigenvalue weighted by molar-refractivity contribution is -0.664. The van der Waals surface area contributed by atoms with Crippen molar-refractivity contribution in [2.75, 3.05) is 24.6 Å². The number of aromatic nitrogens is 5. The second-order valence-electron chi connectivity index (χ2n) is 9.21. The van der Waals surface area contributed by atoms with Gasteiger partial charge < -0.3 is 36.1 Å². The summed E-state index contributed by atoms with van der Waals surface area (Å²) in [6, 6.07) is 2.82. The Hall–Kier alpha value is -4.09. The number of nitrogens with two attached hydrogens (primary N) is 2. The van der Waals surface area contributed by atoms with Crippen molar-refractivity contribution in [1.82, 2.24) is 29.1 Å². The van der Waals surface area contributed by atoms with E-state index in [1.807, 2.05) is 29.8 Å². The molecular formula is C24H28N10O5S2. The van der Waals surface area contributed by atoms with Crippen LogP contribution in [0.25, 0.3) is 11.2 Å². The SMILES string of the molecule is CCO/N=C(\C(=O)NC1C(=O)N2C(C(=O)[O-])=C(C[n+]3cccc4c3nc(C)n4CCCN)CSC12)c1nsc(N)n1. The number of fused-ring (bicyclic) bond motifs is 2. The number of hydrogen-bond acceptors (Lipinski definition) is 13. The lowest BCUT2D eigenvalue weighted by Gasteiger charge is -2.50. The highest BCUT2D eigenvalue weighted by atomic mass is 32.2. The molecule has 2 atom stereocenters. The third-order valence-corrected chi connectivity index (χ3v) is 8.48. The van der Waals surface area contributed by atoms with Gasteiger partial charge in [0.05, 0.1) is 17.9 Å². The molecule has 41 heavy (non-hydrogen) atoms. The van der Waals surface area contributed by atoms with Crippen molar-refractivity contribution in [3.63, 3.8) is 0 Å². The number of carboxylic acid groups (broad SMARTS) is 1. The van der Waals surface area contributed by atoms with E-state index in [1.165, 1.54) is 11.8 Å². The van der Waals surface area contributed by atoms with E-state index in [0.717, 1.165) is 34.2 Å². The number of anilines is 1. The molecule has 1 fully saturated rings. The van der Waals surface area contributed by atoms with Gasteiger partial charge in [0.25, 0.3) is 11.8 Å². The number of nitrogen functional groups attached to an aromatic ring is 1. The van der Waals surface area contributed by atoms with Gasteiger partial charge in [0.1, 0.15) is 30.1 Å². The predicted molar refractivity (Wildman–Crippen MR) is 148 cm³/mol. The molecule has 0 aromatic carbocycles. The molecule has 17 heteroatoms. The Morgan fingerprint density at radius 2 is 2.17 bits per heavy atom. The van der Waals surface area contributed by atoms with Gasteiger partial charge in [0.2, 0.25) is 17.4 Å². The Bertz CT molecular complexity index is 1580. The number of rotatable bonds is 11. The van der Waals surface area contributed by atoms with Crippen molar-refractivity contribution in [1.29, 1.82) is 0 Å². The average molecular weight is 601 g/mol. The van der Waals surface area contributed by atoms with Crippen molar-refractivity contribution < 1.29 is 28.9 Å². The maximum absolute atomic E-state index is 13.2. The van der Waals surface area contributed by atoms with E-state index < -0.39 is 29.2 Å². The number of nitrogens with zero attached hydrogens (tertiary/aromatic N) is 7. The summed E-state index contributed by atoms with van der Waals surface area (Å²) in [5.41, 5.74) is 13.0. The molecule has 5 N–H and O–H groups in total. The van der Waals surface area contributed by atoms with Gasteiger partial charge in [0, 0.05) is 36.3 Å². The van der Waals surface area contributed by atoms with Crippen LogP contribution in [-0.4, -0.2) is 77.6 Å². The summed E-state index contributed by atoms with van der Waals surface area (Å²) in [5, 5.41) is 18.2. The number of amides is 2. The fourth-order valence-electron chi connectivity index (χ4n) is 4.76. The zero-order valence-corrected chi connectivity index (χ0v) is 23.9. The van der Waals surface area contributed by atoms with Crippen LogP contribution in [0, 0.1) is 6.92 Å². The number of pyridine rings is 1. The van der Waals surface area contributed by atoms with E-state index in [4.69, 9.17) is 21.3 Å². The zero-order valence-electron chi connectivity index (χ0n) is 22.3. The third-order valence-electron chi connectivity index (χ3n) is 6.60. The van der Waals surface area contributed by atoms with E-state index in [1.54, 1.807) is 6.92 Å². The molecule has 3 aromatic heterocycles. The number of carbonyl (C=O) groups is 3. The third kappa shape index (κ3) is 5.34. The number of aryl methyl sites for hydroxylation is 2. The molecular weight excluding hydrogens is 572 g/mol. The van der Waals surface area contributed by atoms with Crippen LogP contribution in [-0.2, 0) is 32.3 Å². The zero-order chi connectivity index (χ0) is 29.3. The lowest BCUT2D eigenvalue weighted by Crippen LogP contribution is -2.71. The minimum Gasteiger partial charge on any atom is -0.543 e. The molecule has 2 amide bonds. The largest absolute Gasteiger partial charge is 0.543 e. The van der Waals surface area contributed by atoms with Gasteiger partial charge >= 0.3 is 5.65 Å². The highest BCUT2D eigenvalue weighted by Gasteiger charge is 2.53. The molecule has 216 valence electrons. The minimum absolute atomic E-state index is 0.0390. The number of nitrogens with one attached hydrogen (secondary N) is 1. The number of β-lactam (4-membered cyclic amide) rings is 1. The smallest absolute Gasteiger partial charge is 0.349 e. The van der Waals surface area contributed by atoms with E-state index in [-0.39, 0.29) is 35.5 Å². The van der Waals surface area contributed by atoms with E-state index in [0.29, 0.717) is 30.1 Å². The summed E-state index contributed by atoms with van der Waals surface area (Å²) in [5.74, 6) is -1.73. The van der Waals surface area contributed by atoms with Crippen molar-refractivity contribution in [2.45, 2.75) is 44.8 Å². The van der Waals surface area contributed by atoms with Crippen LogP contribution >= 0.6 is 23.3 Å². The summed E-state index contributed by atoms with van der Waals surface area (Å²) >= 11 is 2.22. The molecule has 0 bridgehead atoms. The van der Waals surface area contributed by atoms with Crippen LogP contribution < -0.4 is 26.5 Å². The van der Waals surface area contributed by atoms with Crippen LogP contribution in [0.5, 0.6) is 0 Å². The number of oxime groups is 1. The fraction of sp³-hybridized carbons (Fsp3) is 0.417. The molecule has 0 radical (unpaired) electrons. The van der Waals surface area contributed by atoms with E-state index in [9.17, 15) is 19.5 Å². The standard InChI is InChI=1S/C24H28N10O5S2/c1-3-39-30-15(18-29-24(26)41-31-18)20(35)28-16-21(36)34-17(23(37)38)13(11-40-22(16)34)10-32-8-4-6-14-19(32)27-12(2)33(14)9-5-7-25/h4,6,8,16,22H,3,5,7,9-11,25H2,1-2H3,(H3-,26,28,29,31,35,37,38)/b30-15-. The summed E-state index contributed by atoms with van der Waals surface area (Å²) in [7, 11) is 0. The number of aliphatic carboxylic acids is 1. The molecule has 0 saturated carbocycles. The van der Waals surface area contributed by atoms with Crippen molar-refractivity contribution in [3.8, 4) is 0 Å². The van der Waals surface area contributed by atoms with Crippen LogP contribution in [0.4, 0.5) is 5.13 Å². The van der Waals surface area contributed by atoms with Crippen molar-refractivity contribution in [3.05, 3.63) is 41.2 Å². The van der Waals surface area contributed by atoms with Crippen LogP contribution in [0.1, 0.15) is 25.0 Å². The predicted octanol–water partition coefficient (Wildman–Crippen LogP) is -1.74. The highest BCUT2D eigenvalue weighted by Crippen LogP contribution is 2.40. The average Bonchev–Trinajstić information content (AvgIpc) is 3.52. The maximum atomic E-state index is 13.2. The molecule has 2 aliphatic heterocycles. The quantitative estimate of drug-likeness (QED) is 0.0973. The van der Waals surface area contributed by atoms with Crippen molar-refractivity contribution in [2.24, 2.45) is 10.9 Å². The van der Waals surface area contributed by atoms with Gasteiger partial charge in [0.15, 0.2) is 5.13 Å². The Labute approximate surface area is 242 Å². The first-order valence-electron chi connectivity index (χ1n) is 12.8. The maximum Gasteiger partial charge on any atom is 0.349 e.